The highest BCUT2D eigenvalue weighted by atomic mass is 16.5. The molecule has 0 saturated heterocycles. The van der Waals surface area contributed by atoms with Gasteiger partial charge in [-0.25, -0.2) is 10.8 Å². The largest absolute Gasteiger partial charge is 0.383 e. The van der Waals surface area contributed by atoms with Gasteiger partial charge < -0.3 is 15.1 Å². The second-order valence-corrected chi connectivity index (χ2v) is 3.95. The topological polar surface area (TPSA) is 80.5 Å². The number of hydrazine groups is 1. The van der Waals surface area contributed by atoms with Gasteiger partial charge in [0.2, 0.25) is 0 Å². The third kappa shape index (κ3) is 3.68. The fourth-order valence-corrected chi connectivity index (χ4v) is 1.52. The number of anilines is 1. The van der Waals surface area contributed by atoms with Crippen molar-refractivity contribution >= 4 is 11.7 Å². The van der Waals surface area contributed by atoms with Crippen LogP contribution in [-0.2, 0) is 11.2 Å². The van der Waals surface area contributed by atoms with Gasteiger partial charge in [-0.1, -0.05) is 6.92 Å². The third-order valence-corrected chi connectivity index (χ3v) is 2.61. The lowest BCUT2D eigenvalue weighted by molar-refractivity contribution is 0.0744. The Hall–Kier alpha value is -1.66. The van der Waals surface area contributed by atoms with E-state index in [1.807, 2.05) is 6.92 Å². The van der Waals surface area contributed by atoms with E-state index in [9.17, 15) is 4.79 Å². The van der Waals surface area contributed by atoms with E-state index in [0.717, 1.165) is 12.1 Å². The zero-order chi connectivity index (χ0) is 13.5. The maximum absolute atomic E-state index is 12.2. The minimum absolute atomic E-state index is 0.0688. The maximum Gasteiger partial charge on any atom is 0.253 e. The number of nitrogen functional groups attached to an aromatic ring is 1. The molecule has 1 aromatic rings. The number of nitrogens with zero attached hydrogens (tertiary/aromatic N) is 2. The molecule has 0 aliphatic rings. The first kappa shape index (κ1) is 14.4. The Balaban J connectivity index is 2.90. The van der Waals surface area contributed by atoms with E-state index in [2.05, 4.69) is 10.4 Å². The van der Waals surface area contributed by atoms with E-state index in [4.69, 9.17) is 10.6 Å². The molecule has 1 heterocycles. The molecule has 0 aliphatic heterocycles. The van der Waals surface area contributed by atoms with Gasteiger partial charge in [-0.05, 0) is 18.6 Å². The summed E-state index contributed by atoms with van der Waals surface area (Å²) in [7, 11) is 3.35. The summed E-state index contributed by atoms with van der Waals surface area (Å²) >= 11 is 0. The van der Waals surface area contributed by atoms with E-state index in [-0.39, 0.29) is 5.91 Å². The Bertz CT molecular complexity index is 387. The summed E-state index contributed by atoms with van der Waals surface area (Å²) in [4.78, 5) is 18.0. The van der Waals surface area contributed by atoms with Crippen molar-refractivity contribution in [3.8, 4) is 0 Å². The SMILES string of the molecule is CCc1cc(C(=O)N(C)CCOC)cc(NN)n1. The van der Waals surface area contributed by atoms with Gasteiger partial charge in [0.1, 0.15) is 5.82 Å². The Labute approximate surface area is 107 Å². The van der Waals surface area contributed by atoms with E-state index < -0.39 is 0 Å². The number of nitrogens with one attached hydrogen (secondary N) is 1. The monoisotopic (exact) mass is 252 g/mol. The molecule has 6 nitrogen and oxygen atoms in total. The molecule has 0 radical (unpaired) electrons. The molecule has 1 rings (SSSR count). The van der Waals surface area contributed by atoms with Crippen molar-refractivity contribution < 1.29 is 9.53 Å². The first-order valence-electron chi connectivity index (χ1n) is 5.84. The summed E-state index contributed by atoms with van der Waals surface area (Å²) in [6.07, 6.45) is 0.748. The molecule has 1 aromatic heterocycles. The van der Waals surface area contributed by atoms with E-state index in [1.54, 1.807) is 31.2 Å². The Morgan fingerprint density at radius 3 is 2.83 bits per heavy atom. The third-order valence-electron chi connectivity index (χ3n) is 2.61. The van der Waals surface area contributed by atoms with Crippen molar-refractivity contribution in [2.24, 2.45) is 5.84 Å². The fraction of sp³-hybridized carbons (Fsp3) is 0.500. The van der Waals surface area contributed by atoms with E-state index in [1.165, 1.54) is 0 Å². The van der Waals surface area contributed by atoms with Crippen LogP contribution in [0.15, 0.2) is 12.1 Å². The predicted octanol–water partition coefficient (Wildman–Crippen LogP) is 0.648. The quantitative estimate of drug-likeness (QED) is 0.574. The van der Waals surface area contributed by atoms with Crippen LogP contribution < -0.4 is 11.3 Å². The number of rotatable bonds is 6. The molecule has 0 atom stereocenters. The summed E-state index contributed by atoms with van der Waals surface area (Å²) in [5.41, 5.74) is 3.88. The minimum Gasteiger partial charge on any atom is -0.383 e. The van der Waals surface area contributed by atoms with E-state index >= 15 is 0 Å². The number of hydrogen-bond acceptors (Lipinski definition) is 5. The molecular weight excluding hydrogens is 232 g/mol. The van der Waals surface area contributed by atoms with Crippen LogP contribution in [0.1, 0.15) is 23.0 Å². The van der Waals surface area contributed by atoms with Crippen molar-refractivity contribution in [1.82, 2.24) is 9.88 Å². The molecule has 0 saturated carbocycles. The molecule has 3 N–H and O–H groups in total. The molecule has 1 amide bonds. The van der Waals surface area contributed by atoms with Crippen LogP contribution >= 0.6 is 0 Å². The summed E-state index contributed by atoms with van der Waals surface area (Å²) in [5.74, 6) is 5.77. The second-order valence-electron chi connectivity index (χ2n) is 3.95. The van der Waals surface area contributed by atoms with Crippen LogP contribution in [0.4, 0.5) is 5.82 Å². The molecule has 0 aromatic carbocycles. The van der Waals surface area contributed by atoms with Crippen LogP contribution in [0.2, 0.25) is 0 Å². The van der Waals surface area contributed by atoms with Crippen LogP contribution in [0.25, 0.3) is 0 Å². The Kier molecular flexibility index (Phi) is 5.54. The van der Waals surface area contributed by atoms with Gasteiger partial charge in [0.15, 0.2) is 0 Å². The average molecular weight is 252 g/mol. The highest BCUT2D eigenvalue weighted by molar-refractivity contribution is 5.94. The van der Waals surface area contributed by atoms with Gasteiger partial charge in [-0.3, -0.25) is 4.79 Å². The Morgan fingerprint density at radius 1 is 1.56 bits per heavy atom. The number of aromatic nitrogens is 1. The number of methoxy groups -OCH3 is 1. The standard InChI is InChI=1S/C12H20N4O2/c1-4-10-7-9(8-11(14-10)15-13)12(17)16(2)5-6-18-3/h7-8H,4-6,13H2,1-3H3,(H,14,15). The van der Waals surface area contributed by atoms with Crippen LogP contribution in [0.3, 0.4) is 0 Å². The molecule has 0 bridgehead atoms. The summed E-state index contributed by atoms with van der Waals surface area (Å²) in [6.45, 7) is 3.03. The summed E-state index contributed by atoms with van der Waals surface area (Å²) in [5, 5.41) is 0. The second kappa shape index (κ2) is 6.93. The number of likely N-dealkylation sites (N-methyl/N-ethyl adjacent to an activating group) is 1. The predicted molar refractivity (Wildman–Crippen MR) is 70.3 cm³/mol. The zero-order valence-electron chi connectivity index (χ0n) is 11.1. The normalized spacial score (nSPS) is 10.2. The highest BCUT2D eigenvalue weighted by Crippen LogP contribution is 2.12. The lowest BCUT2D eigenvalue weighted by atomic mass is 10.1. The van der Waals surface area contributed by atoms with Gasteiger partial charge in [-0.15, -0.1) is 0 Å². The first-order valence-corrected chi connectivity index (χ1v) is 5.84. The maximum atomic E-state index is 12.2. The van der Waals surface area contributed by atoms with Crippen LogP contribution in [-0.4, -0.2) is 43.1 Å². The number of carbonyl (C=O) groups excluding carboxylic acids is 1. The molecule has 0 spiro atoms. The number of pyridine rings is 1. The summed E-state index contributed by atoms with van der Waals surface area (Å²) < 4.78 is 4.95. The number of aryl methyl sites for hydroxylation is 1. The lowest BCUT2D eigenvalue weighted by Gasteiger charge is -2.17. The molecule has 100 valence electrons. The number of carbonyl (C=O) groups is 1. The van der Waals surface area contributed by atoms with Crippen molar-refractivity contribution in [1.29, 1.82) is 0 Å². The molecule has 0 fully saturated rings. The number of amides is 1. The number of nitrogens with two attached hydrogens (primary N) is 1. The van der Waals surface area contributed by atoms with Crippen LogP contribution in [0, 0.1) is 0 Å². The molecular formula is C12H20N4O2. The zero-order valence-corrected chi connectivity index (χ0v) is 11.1. The molecule has 0 aliphatic carbocycles. The van der Waals surface area contributed by atoms with E-state index in [0.29, 0.717) is 24.5 Å². The molecule has 0 unspecified atom stereocenters. The van der Waals surface area contributed by atoms with Gasteiger partial charge in [0.25, 0.3) is 5.91 Å². The minimum atomic E-state index is -0.0688. The van der Waals surface area contributed by atoms with Crippen LogP contribution in [0.5, 0.6) is 0 Å². The van der Waals surface area contributed by atoms with Gasteiger partial charge in [-0.2, -0.15) is 0 Å². The average Bonchev–Trinajstić information content (AvgIpc) is 2.43. The van der Waals surface area contributed by atoms with Crippen molar-refractivity contribution in [3.63, 3.8) is 0 Å². The number of hydrogen-bond donors (Lipinski definition) is 2. The van der Waals surface area contributed by atoms with Gasteiger partial charge in [0.05, 0.1) is 6.61 Å². The van der Waals surface area contributed by atoms with Crippen molar-refractivity contribution in [3.05, 3.63) is 23.4 Å². The molecule has 6 heteroatoms. The first-order chi connectivity index (χ1) is 8.62. The highest BCUT2D eigenvalue weighted by Gasteiger charge is 2.13. The molecule has 18 heavy (non-hydrogen) atoms. The smallest absolute Gasteiger partial charge is 0.253 e. The Morgan fingerprint density at radius 2 is 2.28 bits per heavy atom. The van der Waals surface area contributed by atoms with Gasteiger partial charge in [0, 0.05) is 32.0 Å². The fourth-order valence-electron chi connectivity index (χ4n) is 1.52. The number of ether oxygens (including phenoxy) is 1. The van der Waals surface area contributed by atoms with Crippen molar-refractivity contribution in [2.75, 3.05) is 32.7 Å². The van der Waals surface area contributed by atoms with Gasteiger partial charge >= 0.3 is 0 Å². The van der Waals surface area contributed by atoms with Crippen molar-refractivity contribution in [2.45, 2.75) is 13.3 Å². The lowest BCUT2D eigenvalue weighted by Crippen LogP contribution is -2.30. The summed E-state index contributed by atoms with van der Waals surface area (Å²) in [6, 6.07) is 3.43.